The van der Waals surface area contributed by atoms with E-state index in [2.05, 4.69) is 10.3 Å². The summed E-state index contributed by atoms with van der Waals surface area (Å²) in [6.45, 7) is 2.19. The van der Waals surface area contributed by atoms with E-state index in [1.807, 2.05) is 0 Å². The normalized spacial score (nSPS) is 14.5. The van der Waals surface area contributed by atoms with Crippen molar-refractivity contribution in [2.75, 3.05) is 19.0 Å². The Bertz CT molecular complexity index is 1270. The zero-order valence-electron chi connectivity index (χ0n) is 18.1. The lowest BCUT2D eigenvalue weighted by Crippen LogP contribution is -2.42. The maximum Gasteiger partial charge on any atom is 0.416 e. The van der Waals surface area contributed by atoms with Crippen LogP contribution in [0.5, 0.6) is 0 Å². The third-order valence-corrected chi connectivity index (χ3v) is 6.75. The van der Waals surface area contributed by atoms with Crippen LogP contribution in [-0.4, -0.2) is 34.2 Å². The Morgan fingerprint density at radius 1 is 1.24 bits per heavy atom. The van der Waals surface area contributed by atoms with Crippen LogP contribution in [0.1, 0.15) is 45.0 Å². The number of rotatable bonds is 5. The van der Waals surface area contributed by atoms with E-state index >= 15 is 0 Å². The number of aromatic nitrogens is 2. The fourth-order valence-electron chi connectivity index (χ4n) is 3.72. The summed E-state index contributed by atoms with van der Waals surface area (Å²) in [4.78, 5) is 37.7. The summed E-state index contributed by atoms with van der Waals surface area (Å²) in [5, 5.41) is 3.04. The summed E-state index contributed by atoms with van der Waals surface area (Å²) in [7, 11) is 1.31. The van der Waals surface area contributed by atoms with Crippen molar-refractivity contribution < 1.29 is 22.8 Å². The minimum atomic E-state index is -4.42. The summed E-state index contributed by atoms with van der Waals surface area (Å²) in [6, 6.07) is 7.58. The summed E-state index contributed by atoms with van der Waals surface area (Å²) >= 11 is 7.10. The van der Waals surface area contributed by atoms with E-state index in [4.69, 9.17) is 16.4 Å². The zero-order valence-corrected chi connectivity index (χ0v) is 19.7. The van der Waals surface area contributed by atoms with Gasteiger partial charge in [0.15, 0.2) is 0 Å². The van der Waals surface area contributed by atoms with E-state index in [0.717, 1.165) is 16.9 Å². The second kappa shape index (κ2) is 9.30. The summed E-state index contributed by atoms with van der Waals surface area (Å²) in [5.41, 5.74) is 0.254. The second-order valence-electron chi connectivity index (χ2n) is 7.71. The first-order chi connectivity index (χ1) is 16.1. The molecule has 7 nitrogen and oxygen atoms in total. The van der Waals surface area contributed by atoms with Gasteiger partial charge in [0.05, 0.1) is 38.6 Å². The van der Waals surface area contributed by atoms with Gasteiger partial charge < -0.3 is 15.1 Å². The standard InChI is InChI=1S/C22H20ClF3N4O3S/c1-12(13-3-5-14(6-4-13)22(24,25)26)27-21-28-16-9-10-29(11-15(16)19(31)30(21)33-2)20(32)17-7-8-18(23)34-17/h3-8,12H,9-11H2,1-2H3,(H,27,28). The van der Waals surface area contributed by atoms with Crippen LogP contribution in [0.25, 0.3) is 0 Å². The zero-order chi connectivity index (χ0) is 24.6. The summed E-state index contributed by atoms with van der Waals surface area (Å²) < 4.78 is 40.0. The molecule has 180 valence electrons. The first-order valence-corrected chi connectivity index (χ1v) is 11.5. The van der Waals surface area contributed by atoms with Crippen molar-refractivity contribution in [3.63, 3.8) is 0 Å². The van der Waals surface area contributed by atoms with Crippen LogP contribution in [-0.2, 0) is 19.1 Å². The average molecular weight is 513 g/mol. The third kappa shape index (κ3) is 4.76. The number of alkyl halides is 3. The molecule has 1 unspecified atom stereocenters. The molecule has 3 heterocycles. The topological polar surface area (TPSA) is 76.5 Å². The second-order valence-corrected chi connectivity index (χ2v) is 9.42. The van der Waals surface area contributed by atoms with Gasteiger partial charge in [-0.2, -0.15) is 13.2 Å². The lowest BCUT2D eigenvalue weighted by molar-refractivity contribution is -0.137. The van der Waals surface area contributed by atoms with E-state index in [9.17, 15) is 22.8 Å². The molecule has 0 radical (unpaired) electrons. The van der Waals surface area contributed by atoms with E-state index in [0.29, 0.717) is 39.0 Å². The molecule has 0 spiro atoms. The smallest absolute Gasteiger partial charge is 0.411 e. The van der Waals surface area contributed by atoms with Gasteiger partial charge >= 0.3 is 6.18 Å². The van der Waals surface area contributed by atoms with Crippen LogP contribution < -0.4 is 15.7 Å². The number of nitrogens with one attached hydrogen (secondary N) is 1. The highest BCUT2D eigenvalue weighted by Gasteiger charge is 2.31. The minimum absolute atomic E-state index is 0.0770. The highest BCUT2D eigenvalue weighted by Crippen LogP contribution is 2.30. The summed E-state index contributed by atoms with van der Waals surface area (Å²) in [5.74, 6) is -0.0903. The van der Waals surface area contributed by atoms with Crippen molar-refractivity contribution in [2.24, 2.45) is 0 Å². The van der Waals surface area contributed by atoms with Crippen LogP contribution in [0.2, 0.25) is 4.34 Å². The number of carbonyl (C=O) groups excluding carboxylic acids is 1. The van der Waals surface area contributed by atoms with Gasteiger partial charge in [0.25, 0.3) is 11.5 Å². The van der Waals surface area contributed by atoms with Gasteiger partial charge in [-0.25, -0.2) is 4.98 Å². The fourth-order valence-corrected chi connectivity index (χ4v) is 4.73. The molecule has 0 saturated heterocycles. The predicted molar refractivity (Wildman–Crippen MR) is 122 cm³/mol. The number of fused-ring (bicyclic) bond motifs is 1. The van der Waals surface area contributed by atoms with Crippen LogP contribution >= 0.6 is 22.9 Å². The van der Waals surface area contributed by atoms with Gasteiger partial charge in [-0.05, 0) is 36.8 Å². The number of amides is 1. The molecule has 1 N–H and O–H groups in total. The third-order valence-electron chi connectivity index (χ3n) is 5.53. The molecule has 1 aliphatic rings. The molecule has 0 bridgehead atoms. The first-order valence-electron chi connectivity index (χ1n) is 10.3. The maximum absolute atomic E-state index is 13.1. The lowest BCUT2D eigenvalue weighted by atomic mass is 10.1. The Kier molecular flexibility index (Phi) is 6.59. The molecule has 12 heteroatoms. The number of thiophene rings is 1. The van der Waals surface area contributed by atoms with Crippen LogP contribution in [0.3, 0.4) is 0 Å². The van der Waals surface area contributed by atoms with Crippen LogP contribution in [0.15, 0.2) is 41.2 Å². The SMILES string of the molecule is COn1c(NC(C)c2ccc(C(F)(F)F)cc2)nc2c(c1=O)CN(C(=O)c1ccc(Cl)s1)CC2. The van der Waals surface area contributed by atoms with Gasteiger partial charge in [0.1, 0.15) is 7.11 Å². The van der Waals surface area contributed by atoms with Crippen molar-refractivity contribution in [1.29, 1.82) is 0 Å². The molecule has 1 aliphatic heterocycles. The highest BCUT2D eigenvalue weighted by molar-refractivity contribution is 7.17. The molecule has 1 atom stereocenters. The van der Waals surface area contributed by atoms with Crippen molar-refractivity contribution in [2.45, 2.75) is 32.1 Å². The Labute approximate surface area is 201 Å². The molecule has 0 aliphatic carbocycles. The van der Waals surface area contributed by atoms with Gasteiger partial charge in [0, 0.05) is 13.0 Å². The largest absolute Gasteiger partial charge is 0.416 e. The van der Waals surface area contributed by atoms with E-state index in [-0.39, 0.29) is 18.4 Å². The molecule has 0 saturated carbocycles. The number of halogens is 4. The number of hydrogen-bond acceptors (Lipinski definition) is 6. The summed E-state index contributed by atoms with van der Waals surface area (Å²) in [6.07, 6.45) is -4.06. The molecule has 3 aromatic rings. The Morgan fingerprint density at radius 2 is 1.94 bits per heavy atom. The molecule has 0 fully saturated rings. The maximum atomic E-state index is 13.1. The Hall–Kier alpha value is -3.05. The average Bonchev–Trinajstić information content (AvgIpc) is 3.24. The first kappa shape index (κ1) is 24.1. The fraction of sp³-hybridized carbons (Fsp3) is 0.318. The highest BCUT2D eigenvalue weighted by atomic mass is 35.5. The molecule has 34 heavy (non-hydrogen) atoms. The quantitative estimate of drug-likeness (QED) is 0.548. The molecule has 4 rings (SSSR count). The number of carbonyl (C=O) groups is 1. The predicted octanol–water partition coefficient (Wildman–Crippen LogP) is 4.41. The number of nitrogens with zero attached hydrogens (tertiary/aromatic N) is 3. The van der Waals surface area contributed by atoms with Gasteiger partial charge in [-0.1, -0.05) is 23.7 Å². The minimum Gasteiger partial charge on any atom is -0.411 e. The van der Waals surface area contributed by atoms with Crippen molar-refractivity contribution >= 4 is 34.8 Å². The van der Waals surface area contributed by atoms with Gasteiger partial charge in [0.2, 0.25) is 5.95 Å². The molecule has 1 aromatic carbocycles. The van der Waals surface area contributed by atoms with Crippen LogP contribution in [0.4, 0.5) is 19.1 Å². The van der Waals surface area contributed by atoms with Crippen molar-refractivity contribution in [3.8, 4) is 0 Å². The molecule has 2 aromatic heterocycles. The van der Waals surface area contributed by atoms with Crippen molar-refractivity contribution in [3.05, 3.63) is 78.3 Å². The van der Waals surface area contributed by atoms with E-state index in [1.54, 1.807) is 24.0 Å². The number of benzene rings is 1. The Morgan fingerprint density at radius 3 is 2.53 bits per heavy atom. The Balaban J connectivity index is 1.57. The molecular weight excluding hydrogens is 493 g/mol. The number of hydrogen-bond donors (Lipinski definition) is 1. The monoisotopic (exact) mass is 512 g/mol. The van der Waals surface area contributed by atoms with Crippen LogP contribution in [0, 0.1) is 0 Å². The number of anilines is 1. The van der Waals surface area contributed by atoms with Crippen molar-refractivity contribution in [1.82, 2.24) is 14.6 Å². The lowest BCUT2D eigenvalue weighted by Gasteiger charge is -2.28. The van der Waals surface area contributed by atoms with E-state index in [1.165, 1.54) is 30.6 Å². The van der Waals surface area contributed by atoms with E-state index < -0.39 is 23.3 Å². The molecular formula is C22H20ClF3N4O3S. The molecule has 1 amide bonds. The van der Waals surface area contributed by atoms with Gasteiger partial charge in [-0.15, -0.1) is 16.1 Å². The van der Waals surface area contributed by atoms with Gasteiger partial charge in [-0.3, -0.25) is 9.59 Å².